The molecule has 0 spiro atoms. The summed E-state index contributed by atoms with van der Waals surface area (Å²) >= 11 is 9.61. The molecule has 4 heteroatoms. The molecule has 0 bridgehead atoms. The molecular formula is C12H8ClIOS. The Balaban J connectivity index is 2.42. The molecule has 1 nitrogen and oxygen atoms in total. The van der Waals surface area contributed by atoms with Crippen LogP contribution in [0.1, 0.15) is 20.8 Å². The van der Waals surface area contributed by atoms with Gasteiger partial charge in [0.25, 0.3) is 0 Å². The molecule has 1 heterocycles. The van der Waals surface area contributed by atoms with E-state index in [1.165, 1.54) is 11.3 Å². The lowest BCUT2D eigenvalue weighted by molar-refractivity contribution is 0.104. The predicted octanol–water partition coefficient (Wildman–Crippen LogP) is 4.55. The molecule has 0 N–H and O–H groups in total. The number of halogens is 2. The van der Waals surface area contributed by atoms with Crippen molar-refractivity contribution in [3.05, 3.63) is 54.2 Å². The number of ketones is 1. The van der Waals surface area contributed by atoms with Gasteiger partial charge in [-0.25, -0.2) is 0 Å². The van der Waals surface area contributed by atoms with Crippen molar-refractivity contribution in [1.29, 1.82) is 0 Å². The van der Waals surface area contributed by atoms with Gasteiger partial charge in [0.1, 0.15) is 0 Å². The Hall–Kier alpha value is -0.390. The first kappa shape index (κ1) is 12.1. The lowest BCUT2D eigenvalue weighted by atomic mass is 10.1. The third kappa shape index (κ3) is 2.31. The van der Waals surface area contributed by atoms with Crippen LogP contribution in [0.2, 0.25) is 5.02 Å². The Morgan fingerprint density at radius 1 is 1.38 bits per heavy atom. The zero-order chi connectivity index (χ0) is 11.7. The molecule has 0 unspecified atom stereocenters. The van der Waals surface area contributed by atoms with Crippen LogP contribution in [-0.4, -0.2) is 5.78 Å². The number of carbonyl (C=O) groups excluding carboxylic acids is 1. The van der Waals surface area contributed by atoms with E-state index in [-0.39, 0.29) is 5.78 Å². The molecule has 0 saturated carbocycles. The van der Waals surface area contributed by atoms with E-state index in [1.54, 1.807) is 6.07 Å². The number of aryl methyl sites for hydroxylation is 1. The van der Waals surface area contributed by atoms with Crippen LogP contribution in [0.4, 0.5) is 0 Å². The third-order valence-electron chi connectivity index (χ3n) is 2.25. The second kappa shape index (κ2) is 4.85. The minimum absolute atomic E-state index is 0.0470. The number of hydrogen-bond donors (Lipinski definition) is 0. The highest BCUT2D eigenvalue weighted by atomic mass is 127. The first-order valence-electron chi connectivity index (χ1n) is 4.63. The highest BCUT2D eigenvalue weighted by molar-refractivity contribution is 14.1. The molecule has 1 aromatic heterocycles. The highest BCUT2D eigenvalue weighted by Gasteiger charge is 2.13. The van der Waals surface area contributed by atoms with E-state index in [0.29, 0.717) is 10.6 Å². The largest absolute Gasteiger partial charge is 0.288 e. The molecule has 0 aliphatic carbocycles. The maximum absolute atomic E-state index is 12.1. The third-order valence-corrected chi connectivity index (χ3v) is 4.84. The number of benzene rings is 1. The lowest BCUT2D eigenvalue weighted by Crippen LogP contribution is -2.00. The van der Waals surface area contributed by atoms with E-state index in [4.69, 9.17) is 11.6 Å². The van der Waals surface area contributed by atoms with Gasteiger partial charge in [-0.05, 0) is 64.7 Å². The maximum atomic E-state index is 12.1. The van der Waals surface area contributed by atoms with Crippen molar-refractivity contribution in [2.45, 2.75) is 6.92 Å². The zero-order valence-corrected chi connectivity index (χ0v) is 12.2. The Bertz CT molecular complexity index is 548. The molecule has 1 aromatic carbocycles. The van der Waals surface area contributed by atoms with Crippen LogP contribution < -0.4 is 0 Å². The van der Waals surface area contributed by atoms with Crippen molar-refractivity contribution >= 4 is 51.3 Å². The van der Waals surface area contributed by atoms with Gasteiger partial charge in [0, 0.05) is 9.13 Å². The van der Waals surface area contributed by atoms with Crippen LogP contribution in [0.25, 0.3) is 0 Å². The molecule has 0 fully saturated rings. The summed E-state index contributed by atoms with van der Waals surface area (Å²) in [5.74, 6) is 0.0470. The fraction of sp³-hybridized carbons (Fsp3) is 0.0833. The maximum Gasteiger partial charge on any atom is 0.203 e. The van der Waals surface area contributed by atoms with Gasteiger partial charge in [0.15, 0.2) is 0 Å². The summed E-state index contributed by atoms with van der Waals surface area (Å²) in [7, 11) is 0. The zero-order valence-electron chi connectivity index (χ0n) is 8.46. The van der Waals surface area contributed by atoms with Crippen LogP contribution >= 0.6 is 45.5 Å². The number of thiophene rings is 1. The quantitative estimate of drug-likeness (QED) is 0.566. The van der Waals surface area contributed by atoms with Crippen LogP contribution in [0.3, 0.4) is 0 Å². The van der Waals surface area contributed by atoms with E-state index in [2.05, 4.69) is 22.6 Å². The van der Waals surface area contributed by atoms with Gasteiger partial charge in [-0.2, -0.15) is 0 Å². The second-order valence-electron chi connectivity index (χ2n) is 3.39. The Morgan fingerprint density at radius 3 is 2.69 bits per heavy atom. The smallest absolute Gasteiger partial charge is 0.203 e. The molecule has 2 aromatic rings. The lowest BCUT2D eigenvalue weighted by Gasteiger charge is -2.02. The van der Waals surface area contributed by atoms with Crippen LogP contribution in [0, 0.1) is 10.5 Å². The summed E-state index contributed by atoms with van der Waals surface area (Å²) in [6.45, 7) is 1.94. The molecule has 0 amide bonds. The van der Waals surface area contributed by atoms with Gasteiger partial charge in [0.05, 0.1) is 9.90 Å². The molecule has 0 atom stereocenters. The van der Waals surface area contributed by atoms with E-state index in [9.17, 15) is 4.79 Å². The van der Waals surface area contributed by atoms with Crippen LogP contribution in [0.5, 0.6) is 0 Å². The van der Waals surface area contributed by atoms with Gasteiger partial charge in [0.2, 0.25) is 5.78 Å². The minimum Gasteiger partial charge on any atom is -0.288 e. The Labute approximate surface area is 117 Å². The van der Waals surface area contributed by atoms with Gasteiger partial charge in [-0.1, -0.05) is 11.6 Å². The minimum atomic E-state index is 0.0470. The van der Waals surface area contributed by atoms with Gasteiger partial charge < -0.3 is 0 Å². The highest BCUT2D eigenvalue weighted by Crippen LogP contribution is 2.24. The van der Waals surface area contributed by atoms with Crippen molar-refractivity contribution < 1.29 is 4.79 Å². The molecule has 82 valence electrons. The molecule has 16 heavy (non-hydrogen) atoms. The monoisotopic (exact) mass is 362 g/mol. The van der Waals surface area contributed by atoms with Crippen LogP contribution in [0.15, 0.2) is 29.6 Å². The fourth-order valence-corrected chi connectivity index (χ4v) is 2.78. The number of carbonyl (C=O) groups is 1. The van der Waals surface area contributed by atoms with Gasteiger partial charge >= 0.3 is 0 Å². The van der Waals surface area contributed by atoms with Crippen molar-refractivity contribution in [3.8, 4) is 0 Å². The molecule has 0 aliphatic rings. The normalized spacial score (nSPS) is 10.4. The molecule has 0 aliphatic heterocycles. The molecule has 2 rings (SSSR count). The molecule has 0 saturated heterocycles. The second-order valence-corrected chi connectivity index (χ2v) is 5.88. The number of hydrogen-bond acceptors (Lipinski definition) is 2. The van der Waals surface area contributed by atoms with Crippen molar-refractivity contribution in [1.82, 2.24) is 0 Å². The summed E-state index contributed by atoms with van der Waals surface area (Å²) < 4.78 is 0.957. The number of rotatable bonds is 2. The van der Waals surface area contributed by atoms with Gasteiger partial charge in [-0.3, -0.25) is 4.79 Å². The Kier molecular flexibility index (Phi) is 3.66. The Morgan fingerprint density at radius 2 is 2.12 bits per heavy atom. The van der Waals surface area contributed by atoms with E-state index in [0.717, 1.165) is 14.0 Å². The van der Waals surface area contributed by atoms with Gasteiger partial charge in [-0.15, -0.1) is 11.3 Å². The molecular weight excluding hydrogens is 355 g/mol. The summed E-state index contributed by atoms with van der Waals surface area (Å²) in [5.41, 5.74) is 1.67. The van der Waals surface area contributed by atoms with Crippen molar-refractivity contribution in [2.75, 3.05) is 0 Å². The fourth-order valence-electron chi connectivity index (χ4n) is 1.37. The topological polar surface area (TPSA) is 17.1 Å². The molecule has 0 radical (unpaired) electrons. The first-order valence-corrected chi connectivity index (χ1v) is 6.97. The standard InChI is InChI=1S/C12H8ClIOS/c1-7-4-5-16-12(7)11(15)8-2-3-10(14)9(13)6-8/h2-6H,1H3. The van der Waals surface area contributed by atoms with E-state index in [1.807, 2.05) is 30.5 Å². The van der Waals surface area contributed by atoms with Crippen molar-refractivity contribution in [3.63, 3.8) is 0 Å². The summed E-state index contributed by atoms with van der Waals surface area (Å²) in [6, 6.07) is 7.35. The van der Waals surface area contributed by atoms with E-state index >= 15 is 0 Å². The van der Waals surface area contributed by atoms with Crippen LogP contribution in [-0.2, 0) is 0 Å². The summed E-state index contributed by atoms with van der Waals surface area (Å²) in [5, 5.41) is 2.55. The summed E-state index contributed by atoms with van der Waals surface area (Å²) in [6.07, 6.45) is 0. The average molecular weight is 363 g/mol. The predicted molar refractivity (Wildman–Crippen MR) is 76.7 cm³/mol. The average Bonchev–Trinajstić information content (AvgIpc) is 2.67. The summed E-state index contributed by atoms with van der Waals surface area (Å²) in [4.78, 5) is 12.9. The SMILES string of the molecule is Cc1ccsc1C(=O)c1ccc(I)c(Cl)c1. The van der Waals surface area contributed by atoms with Crippen molar-refractivity contribution in [2.24, 2.45) is 0 Å². The van der Waals surface area contributed by atoms with E-state index < -0.39 is 0 Å². The first-order chi connectivity index (χ1) is 7.59.